The van der Waals surface area contributed by atoms with Crippen LogP contribution in [0.5, 0.6) is 0 Å². The molecule has 74 valence electrons. The maximum atomic E-state index is 8.36. The fourth-order valence-electron chi connectivity index (χ4n) is 0.757. The summed E-state index contributed by atoms with van der Waals surface area (Å²) in [4.78, 5) is 8.36. The van der Waals surface area contributed by atoms with Gasteiger partial charge in [-0.15, -0.1) is 10.1 Å². The number of hydrogen-bond donors (Lipinski definition) is 1. The molecule has 4 nitrogen and oxygen atoms in total. The van der Waals surface area contributed by atoms with E-state index in [0.717, 1.165) is 5.92 Å². The minimum atomic E-state index is -1.50. The van der Waals surface area contributed by atoms with E-state index in [1.807, 2.05) is 0 Å². The van der Waals surface area contributed by atoms with E-state index in [2.05, 4.69) is 20.8 Å². The normalized spacial score (nSPS) is 11.2. The predicted molar refractivity (Wildman–Crippen MR) is 47.8 cm³/mol. The first-order chi connectivity index (χ1) is 5.54. The second-order valence-electron chi connectivity index (χ2n) is 2.89. The van der Waals surface area contributed by atoms with Crippen molar-refractivity contribution < 1.29 is 10.3 Å². The fraction of sp³-hybridized carbons (Fsp3) is 1.00. The van der Waals surface area contributed by atoms with E-state index in [4.69, 9.17) is 15.3 Å². The van der Waals surface area contributed by atoms with Crippen LogP contribution in [0.2, 0.25) is 0 Å². The largest absolute Gasteiger partial charge is 0.328 e. The highest BCUT2D eigenvalue weighted by atomic mass is 16.9. The minimum absolute atomic E-state index is 0.954. The molecule has 1 atom stereocenters. The Balaban J connectivity index is 0. The van der Waals surface area contributed by atoms with Crippen LogP contribution in [-0.2, 0) is 0 Å². The van der Waals surface area contributed by atoms with Crippen LogP contribution in [0.15, 0.2) is 0 Å². The van der Waals surface area contributed by atoms with E-state index in [9.17, 15) is 0 Å². The van der Waals surface area contributed by atoms with Gasteiger partial charge in [0.05, 0.1) is 0 Å². The summed E-state index contributed by atoms with van der Waals surface area (Å²) in [5.41, 5.74) is 0. The van der Waals surface area contributed by atoms with E-state index in [0.29, 0.717) is 0 Å². The van der Waals surface area contributed by atoms with Crippen LogP contribution < -0.4 is 0 Å². The molecule has 0 bridgehead atoms. The molecule has 0 saturated carbocycles. The van der Waals surface area contributed by atoms with Gasteiger partial charge in [-0.25, -0.2) is 0 Å². The van der Waals surface area contributed by atoms with Crippen molar-refractivity contribution in [3.05, 3.63) is 10.1 Å². The van der Waals surface area contributed by atoms with Gasteiger partial charge < -0.3 is 5.21 Å². The van der Waals surface area contributed by atoms with Gasteiger partial charge in [-0.2, -0.15) is 0 Å². The van der Waals surface area contributed by atoms with Gasteiger partial charge in [0.2, 0.25) is 0 Å². The van der Waals surface area contributed by atoms with Crippen LogP contribution in [-0.4, -0.2) is 10.3 Å². The van der Waals surface area contributed by atoms with E-state index in [1.165, 1.54) is 25.7 Å². The number of hydrogen-bond acceptors (Lipinski definition) is 2. The number of rotatable bonds is 4. The first-order valence-electron chi connectivity index (χ1n) is 4.37. The van der Waals surface area contributed by atoms with Crippen LogP contribution in [0.3, 0.4) is 0 Å². The zero-order valence-electron chi connectivity index (χ0n) is 8.12. The number of nitrogens with zero attached hydrogens (tertiary/aromatic N) is 1. The molecule has 0 aromatic carbocycles. The lowest BCUT2D eigenvalue weighted by Crippen LogP contribution is -1.89. The first kappa shape index (κ1) is 13.8. The molecule has 0 spiro atoms. The summed E-state index contributed by atoms with van der Waals surface area (Å²) in [5, 5.41) is 13.6. The van der Waals surface area contributed by atoms with Crippen molar-refractivity contribution in [3.63, 3.8) is 0 Å². The Labute approximate surface area is 73.7 Å². The molecule has 0 aliphatic heterocycles. The molecule has 0 aromatic rings. The molecule has 4 heteroatoms. The molecule has 0 aliphatic rings. The van der Waals surface area contributed by atoms with E-state index in [1.54, 1.807) is 0 Å². The summed E-state index contributed by atoms with van der Waals surface area (Å²) >= 11 is 0. The molecule has 0 radical (unpaired) electrons. The smallest absolute Gasteiger partial charge is 0.291 e. The summed E-state index contributed by atoms with van der Waals surface area (Å²) in [6.45, 7) is 6.85. The van der Waals surface area contributed by atoms with E-state index < -0.39 is 5.09 Å². The monoisotopic (exact) mass is 177 g/mol. The van der Waals surface area contributed by atoms with Crippen LogP contribution in [0.1, 0.15) is 46.5 Å². The maximum absolute atomic E-state index is 8.36. The molecule has 0 aliphatic carbocycles. The highest BCUT2D eigenvalue weighted by molar-refractivity contribution is 4.47. The second-order valence-corrected chi connectivity index (χ2v) is 2.89. The summed E-state index contributed by atoms with van der Waals surface area (Å²) < 4.78 is 0. The molecular weight excluding hydrogens is 158 g/mol. The Bertz CT molecular complexity index is 102. The molecular formula is C8H19NO3. The topological polar surface area (TPSA) is 63.4 Å². The first-order valence-corrected chi connectivity index (χ1v) is 4.37. The summed E-state index contributed by atoms with van der Waals surface area (Å²) in [5.74, 6) is 0.954. The standard InChI is InChI=1S/C8H18.HNO3/c1-4-6-7-8(3)5-2;2-1(3)4/h8H,4-7H2,1-3H3;(H,2,3,4). The van der Waals surface area contributed by atoms with Crippen molar-refractivity contribution in [2.24, 2.45) is 5.92 Å². The Morgan fingerprint density at radius 3 is 2.17 bits per heavy atom. The van der Waals surface area contributed by atoms with Crippen molar-refractivity contribution in [1.82, 2.24) is 0 Å². The van der Waals surface area contributed by atoms with Crippen molar-refractivity contribution >= 4 is 0 Å². The molecule has 0 rings (SSSR count). The molecule has 0 amide bonds. The Morgan fingerprint density at radius 2 is 1.92 bits per heavy atom. The molecule has 0 saturated heterocycles. The van der Waals surface area contributed by atoms with Crippen molar-refractivity contribution in [3.8, 4) is 0 Å². The molecule has 0 heterocycles. The average Bonchev–Trinajstić information content (AvgIpc) is 1.99. The molecule has 12 heavy (non-hydrogen) atoms. The van der Waals surface area contributed by atoms with Gasteiger partial charge in [-0.1, -0.05) is 46.5 Å². The van der Waals surface area contributed by atoms with Gasteiger partial charge in [-0.3, -0.25) is 0 Å². The SMILES string of the molecule is CCCCC(C)CC.O=[N+]([O-])O. The Hall–Kier alpha value is -0.800. The average molecular weight is 177 g/mol. The molecule has 1 unspecified atom stereocenters. The van der Waals surface area contributed by atoms with Crippen LogP contribution in [0, 0.1) is 16.0 Å². The van der Waals surface area contributed by atoms with Gasteiger partial charge in [0.25, 0.3) is 5.09 Å². The quantitative estimate of drug-likeness (QED) is 0.530. The highest BCUT2D eigenvalue weighted by Gasteiger charge is 1.94. The lowest BCUT2D eigenvalue weighted by molar-refractivity contribution is -0.742. The van der Waals surface area contributed by atoms with Gasteiger partial charge in [0.15, 0.2) is 0 Å². The van der Waals surface area contributed by atoms with Crippen molar-refractivity contribution in [2.45, 2.75) is 46.5 Å². The third-order valence-corrected chi connectivity index (χ3v) is 1.75. The third-order valence-electron chi connectivity index (χ3n) is 1.75. The Morgan fingerprint density at radius 1 is 1.50 bits per heavy atom. The molecule has 1 N–H and O–H groups in total. The van der Waals surface area contributed by atoms with Gasteiger partial charge >= 0.3 is 0 Å². The van der Waals surface area contributed by atoms with Gasteiger partial charge in [0, 0.05) is 0 Å². The second kappa shape index (κ2) is 10.2. The molecule has 0 aromatic heterocycles. The predicted octanol–water partition coefficient (Wildman–Crippen LogP) is 2.88. The number of unbranched alkanes of at least 4 members (excludes halogenated alkanes) is 1. The zero-order valence-corrected chi connectivity index (χ0v) is 8.12. The van der Waals surface area contributed by atoms with E-state index >= 15 is 0 Å². The van der Waals surface area contributed by atoms with Gasteiger partial charge in [-0.05, 0) is 5.92 Å². The fourth-order valence-corrected chi connectivity index (χ4v) is 0.757. The highest BCUT2D eigenvalue weighted by Crippen LogP contribution is 2.09. The third kappa shape index (κ3) is 22.9. The minimum Gasteiger partial charge on any atom is -0.328 e. The molecule has 0 fully saturated rings. The van der Waals surface area contributed by atoms with Crippen molar-refractivity contribution in [1.29, 1.82) is 0 Å². The van der Waals surface area contributed by atoms with E-state index in [-0.39, 0.29) is 0 Å². The maximum Gasteiger partial charge on any atom is 0.291 e. The lowest BCUT2D eigenvalue weighted by atomic mass is 10.0. The summed E-state index contributed by atoms with van der Waals surface area (Å²) in [7, 11) is 0. The zero-order chi connectivity index (χ0) is 9.98. The van der Waals surface area contributed by atoms with Crippen LogP contribution in [0.25, 0.3) is 0 Å². The lowest BCUT2D eigenvalue weighted by Gasteiger charge is -2.04. The van der Waals surface area contributed by atoms with Crippen molar-refractivity contribution in [2.75, 3.05) is 0 Å². The van der Waals surface area contributed by atoms with Crippen LogP contribution >= 0.6 is 0 Å². The Kier molecular flexibility index (Phi) is 11.7. The van der Waals surface area contributed by atoms with Gasteiger partial charge in [0.1, 0.15) is 0 Å². The summed E-state index contributed by atoms with van der Waals surface area (Å²) in [6, 6.07) is 0. The van der Waals surface area contributed by atoms with Crippen LogP contribution in [0.4, 0.5) is 0 Å². The summed E-state index contributed by atoms with van der Waals surface area (Å²) in [6.07, 6.45) is 5.53.